The molecule has 0 aliphatic carbocycles. The summed E-state index contributed by atoms with van der Waals surface area (Å²) in [7, 11) is 0. The summed E-state index contributed by atoms with van der Waals surface area (Å²) in [5.74, 6) is -0.143. The molecule has 6 nitrogen and oxygen atoms in total. The van der Waals surface area contributed by atoms with Gasteiger partial charge in [-0.3, -0.25) is 9.59 Å². The van der Waals surface area contributed by atoms with Crippen LogP contribution in [0.4, 0.5) is 5.69 Å². The summed E-state index contributed by atoms with van der Waals surface area (Å²) in [6.07, 6.45) is 0.663. The third-order valence-corrected chi connectivity index (χ3v) is 2.45. The number of aromatic nitrogens is 3. The fraction of sp³-hybridized carbons (Fsp3) is 0.167. The number of carbonyl (C=O) groups excluding carboxylic acids is 2. The van der Waals surface area contributed by atoms with Gasteiger partial charge >= 0.3 is 0 Å². The van der Waals surface area contributed by atoms with Crippen molar-refractivity contribution >= 4 is 17.9 Å². The molecule has 1 N–H and O–H groups in total. The Hall–Kier alpha value is -2.50. The molecule has 0 atom stereocenters. The minimum atomic E-state index is -0.143. The average Bonchev–Trinajstić information content (AvgIpc) is 2.70. The standard InChI is InChI=1S/C12H12N4O2/c1-8-12(7-17)14-15-16(8)11-5-3-4-10(6-11)13-9(2)18/h3-7H,1-2H3,(H,13,18). The number of carbonyl (C=O) groups is 2. The van der Waals surface area contributed by atoms with Crippen molar-refractivity contribution < 1.29 is 9.59 Å². The lowest BCUT2D eigenvalue weighted by Crippen LogP contribution is -2.07. The minimum absolute atomic E-state index is 0.143. The Morgan fingerprint density at radius 3 is 2.83 bits per heavy atom. The van der Waals surface area contributed by atoms with Crippen LogP contribution in [0.15, 0.2) is 24.3 Å². The second kappa shape index (κ2) is 4.79. The van der Waals surface area contributed by atoms with Crippen LogP contribution in [0.2, 0.25) is 0 Å². The fourth-order valence-electron chi connectivity index (χ4n) is 1.61. The molecule has 0 aliphatic heterocycles. The zero-order chi connectivity index (χ0) is 13.1. The van der Waals surface area contributed by atoms with E-state index in [4.69, 9.17) is 0 Å². The first-order valence-corrected chi connectivity index (χ1v) is 5.37. The zero-order valence-electron chi connectivity index (χ0n) is 10.0. The number of nitrogens with one attached hydrogen (secondary N) is 1. The number of hydrogen-bond donors (Lipinski definition) is 1. The van der Waals surface area contributed by atoms with Gasteiger partial charge in [0, 0.05) is 12.6 Å². The van der Waals surface area contributed by atoms with Crippen molar-refractivity contribution in [3.8, 4) is 5.69 Å². The molecule has 0 saturated carbocycles. The molecular formula is C12H12N4O2. The van der Waals surface area contributed by atoms with E-state index in [-0.39, 0.29) is 5.91 Å². The van der Waals surface area contributed by atoms with Gasteiger partial charge in [-0.2, -0.15) is 0 Å². The average molecular weight is 244 g/mol. The highest BCUT2D eigenvalue weighted by Gasteiger charge is 2.09. The van der Waals surface area contributed by atoms with Crippen LogP contribution in [0, 0.1) is 6.92 Å². The highest BCUT2D eigenvalue weighted by molar-refractivity contribution is 5.88. The number of nitrogens with zero attached hydrogens (tertiary/aromatic N) is 3. The highest BCUT2D eigenvalue weighted by Crippen LogP contribution is 2.16. The molecule has 0 saturated heterocycles. The van der Waals surface area contributed by atoms with E-state index in [1.54, 1.807) is 29.8 Å². The number of amides is 1. The smallest absolute Gasteiger partial charge is 0.221 e. The summed E-state index contributed by atoms with van der Waals surface area (Å²) in [5, 5.41) is 10.3. The number of hydrogen-bond acceptors (Lipinski definition) is 4. The van der Waals surface area contributed by atoms with E-state index >= 15 is 0 Å². The van der Waals surface area contributed by atoms with Crippen LogP contribution in [0.25, 0.3) is 5.69 Å². The van der Waals surface area contributed by atoms with E-state index in [1.165, 1.54) is 6.92 Å². The SMILES string of the molecule is CC(=O)Nc1cccc(-n2nnc(C=O)c2C)c1. The van der Waals surface area contributed by atoms with E-state index in [2.05, 4.69) is 15.6 Å². The molecule has 1 aromatic heterocycles. The van der Waals surface area contributed by atoms with Crippen molar-refractivity contribution in [2.75, 3.05) is 5.32 Å². The molecule has 0 fully saturated rings. The van der Waals surface area contributed by atoms with Gasteiger partial charge < -0.3 is 5.32 Å². The van der Waals surface area contributed by atoms with Gasteiger partial charge in [0.05, 0.1) is 11.4 Å². The molecule has 0 unspecified atom stereocenters. The quantitative estimate of drug-likeness (QED) is 0.827. The molecular weight excluding hydrogens is 232 g/mol. The molecule has 18 heavy (non-hydrogen) atoms. The van der Waals surface area contributed by atoms with Crippen LogP contribution in [0.1, 0.15) is 23.1 Å². The Morgan fingerprint density at radius 2 is 2.22 bits per heavy atom. The van der Waals surface area contributed by atoms with Crippen LogP contribution in [0.5, 0.6) is 0 Å². The minimum Gasteiger partial charge on any atom is -0.326 e. The normalized spacial score (nSPS) is 10.1. The van der Waals surface area contributed by atoms with Crippen LogP contribution in [-0.4, -0.2) is 27.2 Å². The summed E-state index contributed by atoms with van der Waals surface area (Å²) in [5.41, 5.74) is 2.37. The van der Waals surface area contributed by atoms with Gasteiger partial charge in [-0.25, -0.2) is 4.68 Å². The Kier molecular flexibility index (Phi) is 3.18. The van der Waals surface area contributed by atoms with E-state index in [0.29, 0.717) is 23.4 Å². The van der Waals surface area contributed by atoms with Crippen LogP contribution in [-0.2, 0) is 4.79 Å². The maximum atomic E-state index is 11.0. The van der Waals surface area contributed by atoms with Gasteiger partial charge in [-0.15, -0.1) is 5.10 Å². The van der Waals surface area contributed by atoms with Crippen molar-refractivity contribution in [3.63, 3.8) is 0 Å². The van der Waals surface area contributed by atoms with Gasteiger partial charge in [0.15, 0.2) is 6.29 Å². The molecule has 2 aromatic rings. The third kappa shape index (κ3) is 2.27. The van der Waals surface area contributed by atoms with E-state index in [1.807, 2.05) is 6.07 Å². The maximum Gasteiger partial charge on any atom is 0.221 e. The van der Waals surface area contributed by atoms with Crippen molar-refractivity contribution in [1.29, 1.82) is 0 Å². The predicted molar refractivity (Wildman–Crippen MR) is 65.8 cm³/mol. The van der Waals surface area contributed by atoms with Crippen LogP contribution >= 0.6 is 0 Å². The molecule has 92 valence electrons. The largest absolute Gasteiger partial charge is 0.326 e. The highest BCUT2D eigenvalue weighted by atomic mass is 16.1. The van der Waals surface area contributed by atoms with Gasteiger partial charge in [0.2, 0.25) is 5.91 Å². The Morgan fingerprint density at radius 1 is 1.44 bits per heavy atom. The Balaban J connectivity index is 2.41. The fourth-order valence-corrected chi connectivity index (χ4v) is 1.61. The van der Waals surface area contributed by atoms with Gasteiger partial charge in [-0.05, 0) is 25.1 Å². The van der Waals surface area contributed by atoms with Crippen LogP contribution < -0.4 is 5.32 Å². The Bertz CT molecular complexity index is 604. The first-order valence-electron chi connectivity index (χ1n) is 5.37. The molecule has 0 aliphatic rings. The van der Waals surface area contributed by atoms with Gasteiger partial charge in [0.1, 0.15) is 5.69 Å². The number of aldehydes is 1. The lowest BCUT2D eigenvalue weighted by molar-refractivity contribution is -0.114. The lowest BCUT2D eigenvalue weighted by atomic mass is 10.2. The van der Waals surface area contributed by atoms with E-state index < -0.39 is 0 Å². The molecule has 1 heterocycles. The first kappa shape index (κ1) is 12.0. The molecule has 2 rings (SSSR count). The summed E-state index contributed by atoms with van der Waals surface area (Å²) in [4.78, 5) is 21.7. The molecule has 6 heteroatoms. The number of rotatable bonds is 3. The molecule has 0 radical (unpaired) electrons. The Labute approximate surface area is 104 Å². The second-order valence-electron chi connectivity index (χ2n) is 3.82. The van der Waals surface area contributed by atoms with E-state index in [0.717, 1.165) is 5.69 Å². The topological polar surface area (TPSA) is 76.9 Å². The van der Waals surface area contributed by atoms with Crippen LogP contribution in [0.3, 0.4) is 0 Å². The molecule has 1 aromatic carbocycles. The molecule has 0 bridgehead atoms. The van der Waals surface area contributed by atoms with Gasteiger partial charge in [-0.1, -0.05) is 11.3 Å². The zero-order valence-corrected chi connectivity index (χ0v) is 10.0. The summed E-state index contributed by atoms with van der Waals surface area (Å²) >= 11 is 0. The number of benzene rings is 1. The maximum absolute atomic E-state index is 11.0. The summed E-state index contributed by atoms with van der Waals surface area (Å²) in [6.45, 7) is 3.20. The van der Waals surface area contributed by atoms with Crippen molar-refractivity contribution in [2.45, 2.75) is 13.8 Å². The van der Waals surface area contributed by atoms with Crippen molar-refractivity contribution in [3.05, 3.63) is 35.7 Å². The first-order chi connectivity index (χ1) is 8.61. The summed E-state index contributed by atoms with van der Waals surface area (Å²) in [6, 6.07) is 7.15. The van der Waals surface area contributed by atoms with Crippen molar-refractivity contribution in [1.82, 2.24) is 15.0 Å². The third-order valence-electron chi connectivity index (χ3n) is 2.45. The van der Waals surface area contributed by atoms with Gasteiger partial charge in [0.25, 0.3) is 0 Å². The molecule has 1 amide bonds. The lowest BCUT2D eigenvalue weighted by Gasteiger charge is -2.06. The van der Waals surface area contributed by atoms with E-state index in [9.17, 15) is 9.59 Å². The predicted octanol–water partition coefficient (Wildman–Crippen LogP) is 1.35. The molecule has 0 spiro atoms. The second-order valence-corrected chi connectivity index (χ2v) is 3.82. The number of anilines is 1. The summed E-state index contributed by atoms with van der Waals surface area (Å²) < 4.78 is 1.55. The van der Waals surface area contributed by atoms with Crippen molar-refractivity contribution in [2.24, 2.45) is 0 Å². The monoisotopic (exact) mass is 244 g/mol.